The van der Waals surface area contributed by atoms with Crippen LogP contribution in [0.25, 0.3) is 16.8 Å². The van der Waals surface area contributed by atoms with Crippen molar-refractivity contribution in [1.29, 1.82) is 0 Å². The van der Waals surface area contributed by atoms with Gasteiger partial charge in [0.1, 0.15) is 24.5 Å². The van der Waals surface area contributed by atoms with Crippen LogP contribution < -0.4 is 10.9 Å². The zero-order chi connectivity index (χ0) is 19.0. The SMILES string of the molecule is O=C(Cn1c(=O)c2nncn2c2ncccc21)NCc1cc(F)ccc1F. The van der Waals surface area contributed by atoms with Gasteiger partial charge in [-0.1, -0.05) is 0 Å². The van der Waals surface area contributed by atoms with E-state index in [0.717, 1.165) is 18.2 Å². The molecule has 1 aromatic carbocycles. The van der Waals surface area contributed by atoms with Crippen molar-refractivity contribution in [2.45, 2.75) is 13.1 Å². The fourth-order valence-electron chi connectivity index (χ4n) is 2.78. The van der Waals surface area contributed by atoms with Crippen molar-refractivity contribution < 1.29 is 13.6 Å². The van der Waals surface area contributed by atoms with E-state index in [9.17, 15) is 18.4 Å². The Bertz CT molecular complexity index is 1230. The number of nitrogens with zero attached hydrogens (tertiary/aromatic N) is 5. The second kappa shape index (κ2) is 6.56. The standard InChI is InChI=1S/C17H12F2N6O2/c18-11-3-4-12(19)10(6-11)7-21-14(26)8-24-13-2-1-5-20-15(13)25-9-22-23-16(25)17(24)27/h1-6,9H,7-8H2,(H,21,26). The molecule has 1 amide bonds. The first-order valence-corrected chi connectivity index (χ1v) is 7.92. The van der Waals surface area contributed by atoms with Crippen molar-refractivity contribution in [3.63, 3.8) is 0 Å². The molecule has 0 saturated heterocycles. The highest BCUT2D eigenvalue weighted by Crippen LogP contribution is 2.11. The highest BCUT2D eigenvalue weighted by atomic mass is 19.1. The number of rotatable bonds is 4. The third-order valence-electron chi connectivity index (χ3n) is 4.05. The lowest BCUT2D eigenvalue weighted by atomic mass is 10.2. The van der Waals surface area contributed by atoms with Gasteiger partial charge in [-0.25, -0.2) is 13.8 Å². The minimum Gasteiger partial charge on any atom is -0.350 e. The molecular weight excluding hydrogens is 358 g/mol. The first-order chi connectivity index (χ1) is 13.0. The molecular formula is C17H12F2N6O2. The van der Waals surface area contributed by atoms with E-state index in [-0.39, 0.29) is 24.3 Å². The summed E-state index contributed by atoms with van der Waals surface area (Å²) in [6.45, 7) is -0.540. The number of amides is 1. The molecule has 0 unspecified atom stereocenters. The fraction of sp³-hybridized carbons (Fsp3) is 0.118. The largest absolute Gasteiger partial charge is 0.350 e. The van der Waals surface area contributed by atoms with Gasteiger partial charge in [0.25, 0.3) is 5.56 Å². The lowest BCUT2D eigenvalue weighted by Gasteiger charge is -2.11. The maximum Gasteiger partial charge on any atom is 0.297 e. The zero-order valence-electron chi connectivity index (χ0n) is 13.8. The predicted molar refractivity (Wildman–Crippen MR) is 90.8 cm³/mol. The molecule has 3 heterocycles. The molecule has 0 bridgehead atoms. The Morgan fingerprint density at radius 3 is 2.89 bits per heavy atom. The van der Waals surface area contributed by atoms with Crippen LogP contribution in [-0.2, 0) is 17.9 Å². The minimum atomic E-state index is -0.631. The van der Waals surface area contributed by atoms with Gasteiger partial charge in [0.15, 0.2) is 5.65 Å². The Hall–Kier alpha value is -3.69. The van der Waals surface area contributed by atoms with Crippen LogP contribution in [0.15, 0.2) is 47.7 Å². The normalized spacial score (nSPS) is 11.2. The second-order valence-electron chi connectivity index (χ2n) is 5.77. The van der Waals surface area contributed by atoms with E-state index in [2.05, 4.69) is 20.5 Å². The third kappa shape index (κ3) is 3.01. The van der Waals surface area contributed by atoms with E-state index in [0.29, 0.717) is 11.2 Å². The summed E-state index contributed by atoms with van der Waals surface area (Å²) in [5, 5.41) is 9.96. The Labute approximate surface area is 150 Å². The van der Waals surface area contributed by atoms with Crippen LogP contribution in [0.3, 0.4) is 0 Å². The smallest absolute Gasteiger partial charge is 0.297 e. The molecule has 1 N–H and O–H groups in total. The summed E-state index contributed by atoms with van der Waals surface area (Å²) in [7, 11) is 0. The zero-order valence-corrected chi connectivity index (χ0v) is 13.8. The molecule has 4 aromatic rings. The van der Waals surface area contributed by atoms with E-state index in [4.69, 9.17) is 0 Å². The number of hydrogen-bond acceptors (Lipinski definition) is 5. The number of carbonyl (C=O) groups is 1. The summed E-state index contributed by atoms with van der Waals surface area (Å²) in [6.07, 6.45) is 2.91. The van der Waals surface area contributed by atoms with Crippen LogP contribution in [0.4, 0.5) is 8.78 Å². The van der Waals surface area contributed by atoms with Crippen LogP contribution in [0, 0.1) is 11.6 Å². The molecule has 0 atom stereocenters. The van der Waals surface area contributed by atoms with Gasteiger partial charge in [-0.15, -0.1) is 10.2 Å². The Morgan fingerprint density at radius 1 is 1.19 bits per heavy atom. The first kappa shape index (κ1) is 16.8. The van der Waals surface area contributed by atoms with Gasteiger partial charge in [-0.2, -0.15) is 0 Å². The van der Waals surface area contributed by atoms with E-state index >= 15 is 0 Å². The van der Waals surface area contributed by atoms with Crippen molar-refractivity contribution in [1.82, 2.24) is 29.5 Å². The van der Waals surface area contributed by atoms with Crippen LogP contribution >= 0.6 is 0 Å². The molecule has 3 aromatic heterocycles. The molecule has 0 aliphatic rings. The molecule has 8 nitrogen and oxygen atoms in total. The number of halogens is 2. The van der Waals surface area contributed by atoms with Gasteiger partial charge in [-0.05, 0) is 30.3 Å². The number of aromatic nitrogens is 5. The van der Waals surface area contributed by atoms with Gasteiger partial charge in [0, 0.05) is 18.3 Å². The lowest BCUT2D eigenvalue weighted by molar-refractivity contribution is -0.121. The summed E-state index contributed by atoms with van der Waals surface area (Å²) in [4.78, 5) is 29.1. The van der Waals surface area contributed by atoms with E-state index in [1.165, 1.54) is 15.3 Å². The average molecular weight is 370 g/mol. The van der Waals surface area contributed by atoms with Crippen LogP contribution in [0.5, 0.6) is 0 Å². The van der Waals surface area contributed by atoms with E-state index < -0.39 is 23.1 Å². The molecule has 136 valence electrons. The van der Waals surface area contributed by atoms with Gasteiger partial charge >= 0.3 is 0 Å². The number of hydrogen-bond donors (Lipinski definition) is 1. The second-order valence-corrected chi connectivity index (χ2v) is 5.77. The minimum absolute atomic E-state index is 0.00938. The monoisotopic (exact) mass is 370 g/mol. The summed E-state index contributed by atoms with van der Waals surface area (Å²) in [5.74, 6) is -1.78. The summed E-state index contributed by atoms with van der Waals surface area (Å²) >= 11 is 0. The van der Waals surface area contributed by atoms with Gasteiger partial charge in [-0.3, -0.25) is 18.6 Å². The van der Waals surface area contributed by atoms with Crippen molar-refractivity contribution in [2.24, 2.45) is 0 Å². The fourth-order valence-corrected chi connectivity index (χ4v) is 2.78. The van der Waals surface area contributed by atoms with E-state index in [1.807, 2.05) is 0 Å². The molecule has 0 radical (unpaired) electrons. The molecule has 4 rings (SSSR count). The molecule has 27 heavy (non-hydrogen) atoms. The number of fused-ring (bicyclic) bond motifs is 3. The summed E-state index contributed by atoms with van der Waals surface area (Å²) in [5.41, 5.74) is 0.364. The molecule has 0 fully saturated rings. The Balaban J connectivity index is 1.64. The molecule has 10 heteroatoms. The molecule has 0 spiro atoms. The van der Waals surface area contributed by atoms with Crippen molar-refractivity contribution in [3.05, 3.63) is 70.4 Å². The van der Waals surface area contributed by atoms with E-state index in [1.54, 1.807) is 18.3 Å². The summed E-state index contributed by atoms with van der Waals surface area (Å²) in [6, 6.07) is 6.26. The third-order valence-corrected chi connectivity index (χ3v) is 4.05. The van der Waals surface area contributed by atoms with Crippen molar-refractivity contribution in [3.8, 4) is 0 Å². The highest BCUT2D eigenvalue weighted by molar-refractivity contribution is 5.80. The average Bonchev–Trinajstić information content (AvgIpc) is 3.16. The Kier molecular flexibility index (Phi) is 4.07. The van der Waals surface area contributed by atoms with Crippen LogP contribution in [0.2, 0.25) is 0 Å². The first-order valence-electron chi connectivity index (χ1n) is 7.92. The van der Waals surface area contributed by atoms with Gasteiger partial charge in [0.05, 0.1) is 5.52 Å². The van der Waals surface area contributed by atoms with Crippen LogP contribution in [0.1, 0.15) is 5.56 Å². The van der Waals surface area contributed by atoms with Gasteiger partial charge < -0.3 is 5.32 Å². The Morgan fingerprint density at radius 2 is 2.04 bits per heavy atom. The topological polar surface area (TPSA) is 94.2 Å². The van der Waals surface area contributed by atoms with Crippen LogP contribution in [-0.4, -0.2) is 30.1 Å². The molecule has 0 saturated carbocycles. The number of benzene rings is 1. The lowest BCUT2D eigenvalue weighted by Crippen LogP contribution is -2.33. The quantitative estimate of drug-likeness (QED) is 0.579. The molecule has 0 aliphatic carbocycles. The van der Waals surface area contributed by atoms with Crippen molar-refractivity contribution in [2.75, 3.05) is 0 Å². The van der Waals surface area contributed by atoms with Crippen molar-refractivity contribution >= 4 is 22.7 Å². The number of nitrogens with one attached hydrogen (secondary N) is 1. The maximum atomic E-state index is 13.7. The number of carbonyl (C=O) groups excluding carboxylic acids is 1. The molecule has 0 aliphatic heterocycles. The highest BCUT2D eigenvalue weighted by Gasteiger charge is 2.15. The van der Waals surface area contributed by atoms with Gasteiger partial charge in [0.2, 0.25) is 11.6 Å². The maximum absolute atomic E-state index is 13.7. The number of pyridine rings is 1. The predicted octanol–water partition coefficient (Wildman–Crippen LogP) is 1.03. The summed E-state index contributed by atoms with van der Waals surface area (Å²) < 4.78 is 29.5.